The van der Waals surface area contributed by atoms with Crippen LogP contribution in [0.15, 0.2) is 47.3 Å². The molecule has 0 saturated carbocycles. The Morgan fingerprint density at radius 3 is 2.63 bits per heavy atom. The van der Waals surface area contributed by atoms with Crippen LogP contribution in [-0.4, -0.2) is 45.9 Å². The minimum Gasteiger partial charge on any atom is -0.352 e. The van der Waals surface area contributed by atoms with Crippen molar-refractivity contribution >= 4 is 46.6 Å². The molecule has 2 amide bonds. The zero-order valence-electron chi connectivity index (χ0n) is 21.3. The average molecular weight is 532 g/mol. The number of carbonyl (C=O) groups excluding carboxylic acids is 2. The van der Waals surface area contributed by atoms with Crippen molar-refractivity contribution < 1.29 is 9.59 Å². The molecule has 0 bridgehead atoms. The third-order valence-corrected chi connectivity index (χ3v) is 7.19. The molecule has 0 spiro atoms. The van der Waals surface area contributed by atoms with Crippen molar-refractivity contribution in [3.8, 4) is 6.07 Å². The minimum atomic E-state index is -0.517. The lowest BCUT2D eigenvalue weighted by Crippen LogP contribution is -2.37. The Labute approximate surface area is 223 Å². The van der Waals surface area contributed by atoms with Crippen LogP contribution in [0, 0.1) is 11.3 Å². The van der Waals surface area contributed by atoms with Crippen LogP contribution < -0.4 is 30.7 Å². The maximum atomic E-state index is 12.9. The molecule has 0 unspecified atom stereocenters. The van der Waals surface area contributed by atoms with E-state index >= 15 is 0 Å². The van der Waals surface area contributed by atoms with Gasteiger partial charge in [-0.3, -0.25) is 23.9 Å². The molecule has 3 aromatic rings. The summed E-state index contributed by atoms with van der Waals surface area (Å²) in [4.78, 5) is 44.4. The van der Waals surface area contributed by atoms with E-state index in [2.05, 4.69) is 38.0 Å². The van der Waals surface area contributed by atoms with Gasteiger partial charge in [0, 0.05) is 32.4 Å². The van der Waals surface area contributed by atoms with Crippen molar-refractivity contribution in [2.45, 2.75) is 33.4 Å². The number of rotatable bonds is 8. The highest BCUT2D eigenvalue weighted by molar-refractivity contribution is 7.07. The van der Waals surface area contributed by atoms with E-state index in [9.17, 15) is 19.6 Å². The van der Waals surface area contributed by atoms with Crippen LogP contribution in [-0.2, 0) is 29.1 Å². The largest absolute Gasteiger partial charge is 0.352 e. The monoisotopic (exact) mass is 531 g/mol. The van der Waals surface area contributed by atoms with E-state index in [1.807, 2.05) is 18.2 Å². The lowest BCUT2D eigenvalue weighted by molar-refractivity contribution is -0.117. The Morgan fingerprint density at radius 2 is 1.89 bits per heavy atom. The minimum absolute atomic E-state index is 0.101. The van der Waals surface area contributed by atoms with Gasteiger partial charge < -0.3 is 16.0 Å². The molecular formula is C27H29N7O3S. The number of amides is 2. The van der Waals surface area contributed by atoms with Gasteiger partial charge in [0.1, 0.15) is 26.9 Å². The number of anilines is 2. The highest BCUT2D eigenvalue weighted by atomic mass is 32.1. The van der Waals surface area contributed by atoms with Crippen LogP contribution in [0.4, 0.5) is 11.6 Å². The number of thiazole rings is 1. The molecule has 1 aliphatic heterocycles. The molecule has 10 nitrogen and oxygen atoms in total. The zero-order chi connectivity index (χ0) is 27.1. The van der Waals surface area contributed by atoms with Gasteiger partial charge >= 0.3 is 0 Å². The molecule has 1 aromatic carbocycles. The summed E-state index contributed by atoms with van der Waals surface area (Å²) < 4.78 is 2.02. The van der Waals surface area contributed by atoms with Crippen molar-refractivity contribution in [1.82, 2.24) is 19.8 Å². The molecule has 38 heavy (non-hydrogen) atoms. The fraction of sp³-hybridized carbons (Fsp3) is 0.296. The van der Waals surface area contributed by atoms with Gasteiger partial charge in [-0.05, 0) is 43.5 Å². The summed E-state index contributed by atoms with van der Waals surface area (Å²) in [6, 6.07) is 15.3. The maximum absolute atomic E-state index is 12.9. The molecule has 3 heterocycles. The molecule has 2 aromatic heterocycles. The third kappa shape index (κ3) is 6.16. The molecule has 1 aliphatic rings. The first-order valence-electron chi connectivity index (χ1n) is 12.4. The summed E-state index contributed by atoms with van der Waals surface area (Å²) in [7, 11) is 0. The Morgan fingerprint density at radius 1 is 1.13 bits per heavy atom. The highest BCUT2D eigenvalue weighted by Crippen LogP contribution is 2.18. The number of nitrogens with one attached hydrogen (secondary N) is 3. The van der Waals surface area contributed by atoms with Crippen molar-refractivity contribution in [3.05, 3.63) is 73.1 Å². The van der Waals surface area contributed by atoms with Crippen molar-refractivity contribution in [2.24, 2.45) is 0 Å². The second-order valence-corrected chi connectivity index (χ2v) is 9.67. The Hall–Kier alpha value is -4.27. The van der Waals surface area contributed by atoms with Gasteiger partial charge in [0.2, 0.25) is 5.91 Å². The van der Waals surface area contributed by atoms with Crippen molar-refractivity contribution in [3.63, 3.8) is 0 Å². The number of benzene rings is 1. The highest BCUT2D eigenvalue weighted by Gasteiger charge is 2.18. The summed E-state index contributed by atoms with van der Waals surface area (Å²) in [5.41, 5.74) is 2.16. The van der Waals surface area contributed by atoms with Crippen LogP contribution in [0.5, 0.6) is 0 Å². The fourth-order valence-corrected chi connectivity index (χ4v) is 5.32. The number of pyridine rings is 1. The van der Waals surface area contributed by atoms with E-state index in [4.69, 9.17) is 0 Å². The number of carbonyl (C=O) groups is 2. The Balaban J connectivity index is 1.47. The lowest BCUT2D eigenvalue weighted by Gasteiger charge is -2.28. The summed E-state index contributed by atoms with van der Waals surface area (Å²) in [5.74, 6) is 0.147. The predicted octanol–water partition coefficient (Wildman–Crippen LogP) is 0.982. The Kier molecular flexibility index (Phi) is 8.68. The van der Waals surface area contributed by atoms with E-state index in [1.54, 1.807) is 32.0 Å². The van der Waals surface area contributed by atoms with E-state index in [-0.39, 0.29) is 23.6 Å². The van der Waals surface area contributed by atoms with Gasteiger partial charge in [-0.25, -0.2) is 4.98 Å². The van der Waals surface area contributed by atoms with E-state index in [0.717, 1.165) is 30.8 Å². The molecule has 11 heteroatoms. The molecule has 0 atom stereocenters. The van der Waals surface area contributed by atoms with Crippen LogP contribution in [0.3, 0.4) is 0 Å². The van der Waals surface area contributed by atoms with E-state index in [0.29, 0.717) is 33.9 Å². The SMILES string of the molecule is CCNC(=O)C(C#N)=c1sc(=CNc2cccc(NC(=O)CN3CCc4ccccc4C3)n2)c(=O)n1CC. The van der Waals surface area contributed by atoms with Crippen molar-refractivity contribution in [2.75, 3.05) is 30.3 Å². The first-order chi connectivity index (χ1) is 18.4. The molecule has 0 fully saturated rings. The van der Waals surface area contributed by atoms with E-state index < -0.39 is 5.91 Å². The standard InChI is InChI=1S/C27H29N7O3S/c1-3-29-25(36)20(14-28)27-34(4-2)26(37)21(38-27)15-30-22-10-7-11-23(31-22)32-24(35)17-33-13-12-18-8-5-6-9-19(18)16-33/h5-11,15H,3-4,12-13,16-17H2,1-2H3,(H,29,36)(H2,30,31,32,35). The Bertz CT molecular complexity index is 1570. The third-order valence-electron chi connectivity index (χ3n) is 6.06. The summed E-state index contributed by atoms with van der Waals surface area (Å²) in [6.45, 7) is 6.03. The van der Waals surface area contributed by atoms with Crippen LogP contribution in [0.1, 0.15) is 25.0 Å². The van der Waals surface area contributed by atoms with Gasteiger partial charge in [-0.2, -0.15) is 5.26 Å². The molecule has 0 radical (unpaired) electrons. The summed E-state index contributed by atoms with van der Waals surface area (Å²) in [6.07, 6.45) is 2.41. The second kappa shape index (κ2) is 12.3. The summed E-state index contributed by atoms with van der Waals surface area (Å²) >= 11 is 1.06. The number of aromatic nitrogens is 2. The number of nitriles is 1. The van der Waals surface area contributed by atoms with Gasteiger partial charge in [0.15, 0.2) is 5.57 Å². The first-order valence-corrected chi connectivity index (χ1v) is 13.2. The predicted molar refractivity (Wildman–Crippen MR) is 148 cm³/mol. The molecule has 0 aliphatic carbocycles. The topological polar surface area (TPSA) is 132 Å². The van der Waals surface area contributed by atoms with Gasteiger partial charge in [-0.1, -0.05) is 30.3 Å². The molecule has 4 rings (SSSR count). The maximum Gasteiger partial charge on any atom is 0.270 e. The number of hydrogen-bond donors (Lipinski definition) is 3. The molecule has 0 saturated heterocycles. The number of fused-ring (bicyclic) bond motifs is 1. The van der Waals surface area contributed by atoms with Gasteiger partial charge in [0.05, 0.1) is 6.54 Å². The smallest absolute Gasteiger partial charge is 0.270 e. The lowest BCUT2D eigenvalue weighted by atomic mass is 10.00. The fourth-order valence-electron chi connectivity index (χ4n) is 4.24. The number of hydrogen-bond acceptors (Lipinski definition) is 8. The quantitative estimate of drug-likeness (QED) is 0.395. The van der Waals surface area contributed by atoms with Gasteiger partial charge in [-0.15, -0.1) is 11.3 Å². The second-order valence-electron chi connectivity index (χ2n) is 8.64. The number of nitrogens with zero attached hydrogens (tertiary/aromatic N) is 4. The van der Waals surface area contributed by atoms with Crippen LogP contribution in [0.25, 0.3) is 11.8 Å². The molecule has 3 N–H and O–H groups in total. The zero-order valence-corrected chi connectivity index (χ0v) is 22.1. The van der Waals surface area contributed by atoms with Crippen LogP contribution in [0.2, 0.25) is 0 Å². The molecular weight excluding hydrogens is 502 g/mol. The van der Waals surface area contributed by atoms with E-state index in [1.165, 1.54) is 21.9 Å². The van der Waals surface area contributed by atoms with Crippen molar-refractivity contribution in [1.29, 1.82) is 5.26 Å². The van der Waals surface area contributed by atoms with Crippen LogP contribution >= 0.6 is 11.3 Å². The van der Waals surface area contributed by atoms with Gasteiger partial charge in [0.25, 0.3) is 11.5 Å². The summed E-state index contributed by atoms with van der Waals surface area (Å²) in [5, 5.41) is 18.0. The molecule has 196 valence electrons. The average Bonchev–Trinajstić information content (AvgIpc) is 3.22. The first kappa shape index (κ1) is 26.8. The normalized spacial score (nSPS) is 14.3.